The van der Waals surface area contributed by atoms with E-state index in [0.717, 1.165) is 8.47 Å². The van der Waals surface area contributed by atoms with Crippen molar-refractivity contribution in [1.29, 1.82) is 0 Å². The van der Waals surface area contributed by atoms with Crippen LogP contribution in [0, 0.1) is 3.57 Å². The smallest absolute Gasteiger partial charge is 0.331 e. The van der Waals surface area contributed by atoms with Gasteiger partial charge < -0.3 is 15.3 Å². The molecule has 1 aliphatic rings. The number of halogens is 3. The fourth-order valence-corrected chi connectivity index (χ4v) is 4.56. The zero-order valence-electron chi connectivity index (χ0n) is 16.3. The first kappa shape index (κ1) is 22.6. The highest BCUT2D eigenvalue weighted by molar-refractivity contribution is 14.1. The lowest BCUT2D eigenvalue weighted by Gasteiger charge is -2.34. The third-order valence-electron chi connectivity index (χ3n) is 5.13. The van der Waals surface area contributed by atoms with Gasteiger partial charge in [-0.05, 0) is 64.6 Å². The number of benzene rings is 3. The van der Waals surface area contributed by atoms with Crippen LogP contribution in [0.1, 0.15) is 33.6 Å². The van der Waals surface area contributed by atoms with Crippen LogP contribution in [0.4, 0.5) is 5.69 Å². The van der Waals surface area contributed by atoms with Crippen molar-refractivity contribution in [2.75, 3.05) is 5.32 Å². The molecule has 0 aliphatic carbocycles. The Morgan fingerprint density at radius 1 is 1.03 bits per heavy atom. The van der Waals surface area contributed by atoms with E-state index in [1.54, 1.807) is 60.7 Å². The number of carbonyl (C=O) groups excluding carboxylic acids is 2. The Bertz CT molecular complexity index is 1230. The molecule has 4 rings (SSSR count). The predicted octanol–water partition coefficient (Wildman–Crippen LogP) is 5.56. The number of rotatable bonds is 4. The van der Waals surface area contributed by atoms with E-state index in [9.17, 15) is 19.5 Å². The highest BCUT2D eigenvalue weighted by Gasteiger charge is 2.44. The van der Waals surface area contributed by atoms with Crippen LogP contribution in [0.15, 0.2) is 66.7 Å². The molecule has 32 heavy (non-hydrogen) atoms. The monoisotopic (exact) mass is 580 g/mol. The van der Waals surface area contributed by atoms with E-state index in [2.05, 4.69) is 27.9 Å². The van der Waals surface area contributed by atoms with Gasteiger partial charge in [0.25, 0.3) is 11.8 Å². The summed E-state index contributed by atoms with van der Waals surface area (Å²) >= 11 is 14.4. The predicted molar refractivity (Wildman–Crippen MR) is 130 cm³/mol. The molecule has 2 atom stereocenters. The zero-order valence-corrected chi connectivity index (χ0v) is 19.9. The molecule has 2 amide bonds. The molecule has 6 nitrogen and oxygen atoms in total. The van der Waals surface area contributed by atoms with Gasteiger partial charge in [-0.2, -0.15) is 0 Å². The van der Waals surface area contributed by atoms with Crippen molar-refractivity contribution in [3.63, 3.8) is 0 Å². The molecule has 0 spiro atoms. The molecular formula is C23H15Cl2IN2O4. The van der Waals surface area contributed by atoms with Crippen LogP contribution in [-0.2, 0) is 9.59 Å². The molecule has 162 valence electrons. The molecule has 2 unspecified atom stereocenters. The summed E-state index contributed by atoms with van der Waals surface area (Å²) in [6, 6.07) is 15.0. The van der Waals surface area contributed by atoms with E-state index in [0.29, 0.717) is 16.3 Å². The topological polar surface area (TPSA) is 86.7 Å². The van der Waals surface area contributed by atoms with Crippen LogP contribution in [0.3, 0.4) is 0 Å². The zero-order chi connectivity index (χ0) is 23.0. The van der Waals surface area contributed by atoms with Crippen molar-refractivity contribution in [3.8, 4) is 0 Å². The van der Waals surface area contributed by atoms with Crippen LogP contribution in [0.25, 0.3) is 0 Å². The third kappa shape index (κ3) is 4.20. The Morgan fingerprint density at radius 2 is 1.72 bits per heavy atom. The molecule has 1 aliphatic heterocycles. The first-order chi connectivity index (χ1) is 15.3. The van der Waals surface area contributed by atoms with Crippen molar-refractivity contribution < 1.29 is 19.5 Å². The number of nitrogens with one attached hydrogen (secondary N) is 1. The fraction of sp³-hybridized carbons (Fsp3) is 0.0870. The van der Waals surface area contributed by atoms with Gasteiger partial charge in [-0.25, -0.2) is 4.79 Å². The second kappa shape index (κ2) is 9.09. The molecule has 2 N–H and O–H groups in total. The largest absolute Gasteiger partial charge is 0.479 e. The molecule has 0 aromatic heterocycles. The molecule has 0 bridgehead atoms. The van der Waals surface area contributed by atoms with Gasteiger partial charge in [0.15, 0.2) is 6.04 Å². The molecule has 9 heteroatoms. The highest BCUT2D eigenvalue weighted by atomic mass is 127. The Labute approximate surface area is 207 Å². The SMILES string of the molecule is O=C1Nc2ccc(I)cc2C(=O)N(C(C(=O)O)c2ccccc2Cl)C1c1ccc(Cl)cc1. The third-order valence-corrected chi connectivity index (χ3v) is 6.40. The van der Waals surface area contributed by atoms with E-state index in [1.807, 2.05) is 0 Å². The summed E-state index contributed by atoms with van der Waals surface area (Å²) in [6.45, 7) is 0. The first-order valence-corrected chi connectivity index (χ1v) is 11.3. The number of hydrogen-bond donors (Lipinski definition) is 2. The van der Waals surface area contributed by atoms with E-state index in [4.69, 9.17) is 23.2 Å². The average Bonchev–Trinajstić information content (AvgIpc) is 2.85. The average molecular weight is 581 g/mol. The van der Waals surface area contributed by atoms with Crippen LogP contribution >= 0.6 is 45.8 Å². The van der Waals surface area contributed by atoms with Gasteiger partial charge in [0, 0.05) is 19.2 Å². The van der Waals surface area contributed by atoms with Crippen molar-refractivity contribution in [2.45, 2.75) is 12.1 Å². The van der Waals surface area contributed by atoms with E-state index < -0.39 is 29.9 Å². The summed E-state index contributed by atoms with van der Waals surface area (Å²) in [6.07, 6.45) is 0. The maximum atomic E-state index is 13.8. The molecule has 3 aromatic rings. The van der Waals surface area contributed by atoms with Crippen LogP contribution in [0.5, 0.6) is 0 Å². The number of nitrogens with zero attached hydrogens (tertiary/aromatic N) is 1. The number of hydrogen-bond acceptors (Lipinski definition) is 3. The number of carboxylic acid groups (broad SMARTS) is 1. The molecular weight excluding hydrogens is 566 g/mol. The number of fused-ring (bicyclic) bond motifs is 1. The lowest BCUT2D eigenvalue weighted by Crippen LogP contribution is -2.44. The van der Waals surface area contributed by atoms with Crippen molar-refractivity contribution in [1.82, 2.24) is 4.90 Å². The maximum Gasteiger partial charge on any atom is 0.331 e. The summed E-state index contributed by atoms with van der Waals surface area (Å²) in [5.41, 5.74) is 1.13. The quantitative estimate of drug-likeness (QED) is 0.396. The van der Waals surface area contributed by atoms with Gasteiger partial charge >= 0.3 is 5.97 Å². The second-order valence-corrected chi connectivity index (χ2v) is 9.20. The summed E-state index contributed by atoms with van der Waals surface area (Å²) in [5, 5.41) is 13.6. The normalized spacial score (nSPS) is 16.7. The van der Waals surface area contributed by atoms with Crippen molar-refractivity contribution >= 4 is 69.3 Å². The number of carboxylic acids is 1. The number of carbonyl (C=O) groups is 3. The van der Waals surface area contributed by atoms with Crippen molar-refractivity contribution in [3.05, 3.63) is 97.0 Å². The number of aliphatic carboxylic acids is 1. The Morgan fingerprint density at radius 3 is 2.38 bits per heavy atom. The summed E-state index contributed by atoms with van der Waals surface area (Å²) in [7, 11) is 0. The molecule has 0 fully saturated rings. The second-order valence-electron chi connectivity index (χ2n) is 7.11. The number of amides is 2. The van der Waals surface area contributed by atoms with Crippen LogP contribution in [-0.4, -0.2) is 27.8 Å². The Hall–Kier alpha value is -2.62. The molecule has 0 radical (unpaired) electrons. The summed E-state index contributed by atoms with van der Waals surface area (Å²) < 4.78 is 0.762. The van der Waals surface area contributed by atoms with Crippen LogP contribution < -0.4 is 5.32 Å². The minimum Gasteiger partial charge on any atom is -0.479 e. The van der Waals surface area contributed by atoms with E-state index >= 15 is 0 Å². The highest BCUT2D eigenvalue weighted by Crippen LogP contribution is 2.39. The van der Waals surface area contributed by atoms with Gasteiger partial charge in [0.05, 0.1) is 11.3 Å². The summed E-state index contributed by atoms with van der Waals surface area (Å²) in [4.78, 5) is 40.8. The lowest BCUT2D eigenvalue weighted by molar-refractivity contribution is -0.144. The molecule has 0 saturated heterocycles. The standard InChI is InChI=1S/C23H15Cl2IN2O4/c24-13-7-5-12(6-8-13)19-21(29)27-18-10-9-14(26)11-16(18)22(30)28(19)20(23(31)32)15-3-1-2-4-17(15)25/h1-11,19-20H,(H,27,29)(H,31,32). The van der Waals surface area contributed by atoms with Gasteiger partial charge in [-0.1, -0.05) is 53.5 Å². The lowest BCUT2D eigenvalue weighted by atomic mass is 9.97. The minimum atomic E-state index is -1.51. The Kier molecular flexibility index (Phi) is 6.41. The molecule has 0 saturated carbocycles. The minimum absolute atomic E-state index is 0.176. The number of anilines is 1. The molecule has 1 heterocycles. The van der Waals surface area contributed by atoms with Gasteiger partial charge in [0.1, 0.15) is 6.04 Å². The Balaban J connectivity index is 1.98. The van der Waals surface area contributed by atoms with Gasteiger partial charge in [-0.3, -0.25) is 9.59 Å². The van der Waals surface area contributed by atoms with E-state index in [-0.39, 0.29) is 16.1 Å². The fourth-order valence-electron chi connectivity index (χ4n) is 3.71. The van der Waals surface area contributed by atoms with Crippen molar-refractivity contribution in [2.24, 2.45) is 0 Å². The molecule has 3 aromatic carbocycles. The maximum absolute atomic E-state index is 13.8. The van der Waals surface area contributed by atoms with Crippen LogP contribution in [0.2, 0.25) is 10.0 Å². The van der Waals surface area contributed by atoms with Gasteiger partial charge in [-0.15, -0.1) is 0 Å². The van der Waals surface area contributed by atoms with Gasteiger partial charge in [0.2, 0.25) is 0 Å². The first-order valence-electron chi connectivity index (χ1n) is 9.43. The summed E-state index contributed by atoms with van der Waals surface area (Å²) in [5.74, 6) is -2.46. The van der Waals surface area contributed by atoms with E-state index in [1.165, 1.54) is 6.07 Å².